The molecule has 0 aliphatic carbocycles. The number of amides is 1. The van der Waals surface area contributed by atoms with Gasteiger partial charge in [0.25, 0.3) is 5.91 Å². The smallest absolute Gasteiger partial charge is 0.256 e. The average Bonchev–Trinajstić information content (AvgIpc) is 2.55. The second-order valence-corrected chi connectivity index (χ2v) is 9.53. The molecular formula is C18H21BrN2O4S. The van der Waals surface area contributed by atoms with E-state index in [1.807, 2.05) is 20.8 Å². The minimum absolute atomic E-state index is 0.0268. The number of phenolic OH excluding ortho intramolecular Hbond substituents is 1. The van der Waals surface area contributed by atoms with Gasteiger partial charge in [-0.25, -0.2) is 13.1 Å². The summed E-state index contributed by atoms with van der Waals surface area (Å²) in [6, 6.07) is 9.17. The zero-order valence-corrected chi connectivity index (χ0v) is 17.3. The quantitative estimate of drug-likeness (QED) is 0.632. The summed E-state index contributed by atoms with van der Waals surface area (Å²) in [6.07, 6.45) is 0. The van der Waals surface area contributed by atoms with Crippen LogP contribution < -0.4 is 10.0 Å². The van der Waals surface area contributed by atoms with Gasteiger partial charge in [-0.15, -0.1) is 0 Å². The number of benzene rings is 2. The normalized spacial score (nSPS) is 12.0. The lowest BCUT2D eigenvalue weighted by atomic mass is 9.87. The highest BCUT2D eigenvalue weighted by atomic mass is 79.9. The van der Waals surface area contributed by atoms with Crippen molar-refractivity contribution in [2.24, 2.45) is 0 Å². The summed E-state index contributed by atoms with van der Waals surface area (Å²) in [5, 5.41) is 12.7. The molecule has 0 fully saturated rings. The minimum Gasteiger partial charge on any atom is -0.506 e. The summed E-state index contributed by atoms with van der Waals surface area (Å²) >= 11 is 3.26. The Bertz CT molecular complexity index is 950. The van der Waals surface area contributed by atoms with Crippen LogP contribution in [0.1, 0.15) is 36.7 Å². The molecule has 0 atom stereocenters. The van der Waals surface area contributed by atoms with Crippen LogP contribution in [0.5, 0.6) is 5.75 Å². The Balaban J connectivity index is 2.41. The van der Waals surface area contributed by atoms with Crippen molar-refractivity contribution in [3.63, 3.8) is 0 Å². The molecule has 0 spiro atoms. The number of aromatic hydroxyl groups is 1. The maximum absolute atomic E-state index is 12.6. The van der Waals surface area contributed by atoms with Crippen molar-refractivity contribution in [3.05, 3.63) is 52.0 Å². The lowest BCUT2D eigenvalue weighted by molar-refractivity contribution is 0.102. The summed E-state index contributed by atoms with van der Waals surface area (Å²) in [6.45, 7) is 6.06. The first kappa shape index (κ1) is 20.4. The van der Waals surface area contributed by atoms with Crippen molar-refractivity contribution in [1.82, 2.24) is 4.72 Å². The molecule has 140 valence electrons. The van der Waals surface area contributed by atoms with Crippen LogP contribution >= 0.6 is 15.9 Å². The van der Waals surface area contributed by atoms with E-state index in [4.69, 9.17) is 0 Å². The average molecular weight is 441 g/mol. The van der Waals surface area contributed by atoms with Crippen LogP contribution in [0.25, 0.3) is 0 Å². The molecule has 26 heavy (non-hydrogen) atoms. The van der Waals surface area contributed by atoms with Gasteiger partial charge in [-0.2, -0.15) is 0 Å². The second-order valence-electron chi connectivity index (χ2n) is 6.79. The van der Waals surface area contributed by atoms with Crippen molar-refractivity contribution < 1.29 is 18.3 Å². The Morgan fingerprint density at radius 1 is 1.12 bits per heavy atom. The molecule has 0 saturated heterocycles. The van der Waals surface area contributed by atoms with Crippen molar-refractivity contribution in [2.45, 2.75) is 31.1 Å². The van der Waals surface area contributed by atoms with Gasteiger partial charge in [-0.05, 0) is 64.3 Å². The van der Waals surface area contributed by atoms with Crippen molar-refractivity contribution in [1.29, 1.82) is 0 Å². The number of nitrogens with one attached hydrogen (secondary N) is 2. The third-order valence-electron chi connectivity index (χ3n) is 3.87. The number of carbonyl (C=O) groups is 1. The van der Waals surface area contributed by atoms with Gasteiger partial charge < -0.3 is 10.4 Å². The molecular weight excluding hydrogens is 420 g/mol. The predicted octanol–water partition coefficient (Wildman–Crippen LogP) is 3.61. The van der Waals surface area contributed by atoms with Crippen LogP contribution in [-0.2, 0) is 15.4 Å². The summed E-state index contributed by atoms with van der Waals surface area (Å²) < 4.78 is 26.6. The first-order valence-electron chi connectivity index (χ1n) is 7.83. The Kier molecular flexibility index (Phi) is 5.79. The molecule has 0 aliphatic rings. The largest absolute Gasteiger partial charge is 0.506 e. The molecule has 0 unspecified atom stereocenters. The molecule has 0 bridgehead atoms. The Morgan fingerprint density at radius 3 is 2.35 bits per heavy atom. The van der Waals surface area contributed by atoms with Crippen LogP contribution in [0.15, 0.2) is 45.8 Å². The van der Waals surface area contributed by atoms with E-state index in [0.29, 0.717) is 4.47 Å². The summed E-state index contributed by atoms with van der Waals surface area (Å²) in [5.74, 6) is -0.604. The van der Waals surface area contributed by atoms with Crippen molar-refractivity contribution in [3.8, 4) is 5.75 Å². The van der Waals surface area contributed by atoms with E-state index in [0.717, 1.165) is 5.56 Å². The predicted molar refractivity (Wildman–Crippen MR) is 105 cm³/mol. The van der Waals surface area contributed by atoms with E-state index < -0.39 is 15.9 Å². The molecule has 0 radical (unpaired) electrons. The number of hydrogen-bond acceptors (Lipinski definition) is 4. The highest BCUT2D eigenvalue weighted by Gasteiger charge is 2.20. The van der Waals surface area contributed by atoms with Crippen LogP contribution in [0.3, 0.4) is 0 Å². The molecule has 0 aliphatic heterocycles. The SMILES string of the molecule is CNS(=O)(=O)c1ccc(Br)c(C(=O)Nc2cc(C(C)(C)C)ccc2O)c1. The van der Waals surface area contributed by atoms with Crippen LogP contribution in [0.2, 0.25) is 0 Å². The van der Waals surface area contributed by atoms with Crippen molar-refractivity contribution in [2.75, 3.05) is 12.4 Å². The fraction of sp³-hybridized carbons (Fsp3) is 0.278. The fourth-order valence-corrected chi connectivity index (χ4v) is 3.44. The van der Waals surface area contributed by atoms with E-state index in [9.17, 15) is 18.3 Å². The second kappa shape index (κ2) is 7.38. The lowest BCUT2D eigenvalue weighted by Crippen LogP contribution is -2.20. The maximum Gasteiger partial charge on any atom is 0.256 e. The van der Waals surface area contributed by atoms with E-state index in [2.05, 4.69) is 26.0 Å². The topological polar surface area (TPSA) is 95.5 Å². The number of carbonyl (C=O) groups excluding carboxylic acids is 1. The highest BCUT2D eigenvalue weighted by molar-refractivity contribution is 9.10. The monoisotopic (exact) mass is 440 g/mol. The van der Waals surface area contributed by atoms with Gasteiger partial charge in [0, 0.05) is 4.47 Å². The summed E-state index contributed by atoms with van der Waals surface area (Å²) in [7, 11) is -2.38. The number of rotatable bonds is 4. The Labute approximate surface area is 161 Å². The number of hydrogen-bond donors (Lipinski definition) is 3. The van der Waals surface area contributed by atoms with Crippen LogP contribution in [0, 0.1) is 0 Å². The molecule has 0 aromatic heterocycles. The molecule has 3 N–H and O–H groups in total. The minimum atomic E-state index is -3.68. The molecule has 0 heterocycles. The van der Waals surface area contributed by atoms with Crippen LogP contribution in [-0.4, -0.2) is 26.5 Å². The molecule has 1 amide bonds. The third-order valence-corrected chi connectivity index (χ3v) is 5.98. The van der Waals surface area contributed by atoms with Gasteiger partial charge >= 0.3 is 0 Å². The molecule has 8 heteroatoms. The van der Waals surface area contributed by atoms with Crippen molar-refractivity contribution >= 4 is 37.5 Å². The van der Waals surface area contributed by atoms with Gasteiger partial charge in [0.2, 0.25) is 10.0 Å². The van der Waals surface area contributed by atoms with E-state index >= 15 is 0 Å². The zero-order valence-electron chi connectivity index (χ0n) is 14.9. The molecule has 2 rings (SSSR count). The summed E-state index contributed by atoms with van der Waals surface area (Å²) in [5.41, 5.74) is 1.18. The van der Waals surface area contributed by atoms with Gasteiger partial charge in [0.05, 0.1) is 16.1 Å². The number of phenols is 1. The van der Waals surface area contributed by atoms with Gasteiger partial charge in [-0.3, -0.25) is 4.79 Å². The molecule has 6 nitrogen and oxygen atoms in total. The van der Waals surface area contributed by atoms with E-state index in [1.54, 1.807) is 12.1 Å². The summed E-state index contributed by atoms with van der Waals surface area (Å²) in [4.78, 5) is 12.6. The number of sulfonamides is 1. The highest BCUT2D eigenvalue weighted by Crippen LogP contribution is 2.31. The number of halogens is 1. The lowest BCUT2D eigenvalue weighted by Gasteiger charge is -2.20. The van der Waals surface area contributed by atoms with Gasteiger partial charge in [0.15, 0.2) is 0 Å². The molecule has 0 saturated carbocycles. The Morgan fingerprint density at radius 2 is 1.77 bits per heavy atom. The molecule has 2 aromatic rings. The van der Waals surface area contributed by atoms with E-state index in [1.165, 1.54) is 31.3 Å². The first-order chi connectivity index (χ1) is 12.0. The first-order valence-corrected chi connectivity index (χ1v) is 10.1. The van der Waals surface area contributed by atoms with E-state index in [-0.39, 0.29) is 27.3 Å². The third kappa shape index (κ3) is 4.44. The Hall–Kier alpha value is -1.90. The zero-order chi connectivity index (χ0) is 19.7. The van der Waals surface area contributed by atoms with Gasteiger partial charge in [0.1, 0.15) is 5.75 Å². The molecule has 2 aromatic carbocycles. The standard InChI is InChI=1S/C18H21BrN2O4S/c1-18(2,3)11-5-8-16(22)15(9-11)21-17(23)13-10-12(6-7-14(13)19)26(24,25)20-4/h5-10,20,22H,1-4H3,(H,21,23). The fourth-order valence-electron chi connectivity index (χ4n) is 2.26. The number of anilines is 1. The maximum atomic E-state index is 12.6. The van der Waals surface area contributed by atoms with Gasteiger partial charge in [-0.1, -0.05) is 26.8 Å². The van der Waals surface area contributed by atoms with Crippen LogP contribution in [0.4, 0.5) is 5.69 Å².